The highest BCUT2D eigenvalue weighted by atomic mass is 16.2. The van der Waals surface area contributed by atoms with E-state index in [0.29, 0.717) is 5.92 Å². The Labute approximate surface area is 103 Å². The van der Waals surface area contributed by atoms with Gasteiger partial charge in [-0.25, -0.2) is 0 Å². The van der Waals surface area contributed by atoms with E-state index in [1.807, 2.05) is 11.8 Å². The van der Waals surface area contributed by atoms with Crippen molar-refractivity contribution in [2.24, 2.45) is 11.7 Å². The zero-order valence-corrected chi connectivity index (χ0v) is 10.9. The lowest BCUT2D eigenvalue weighted by atomic mass is 10.0. The second kappa shape index (κ2) is 4.15. The molecule has 0 aliphatic carbocycles. The summed E-state index contributed by atoms with van der Waals surface area (Å²) in [5.41, 5.74) is 10.3. The van der Waals surface area contributed by atoms with Gasteiger partial charge in [0.25, 0.3) is 0 Å². The molecule has 1 atom stereocenters. The summed E-state index contributed by atoms with van der Waals surface area (Å²) in [6, 6.07) is 3.67. The molecule has 0 saturated heterocycles. The van der Waals surface area contributed by atoms with Crippen molar-refractivity contribution in [3.8, 4) is 0 Å². The summed E-state index contributed by atoms with van der Waals surface area (Å²) in [4.78, 5) is 14.0. The van der Waals surface area contributed by atoms with Crippen molar-refractivity contribution in [3.63, 3.8) is 0 Å². The van der Waals surface area contributed by atoms with E-state index < -0.39 is 6.04 Å². The van der Waals surface area contributed by atoms with Gasteiger partial charge >= 0.3 is 0 Å². The van der Waals surface area contributed by atoms with Crippen molar-refractivity contribution in [1.82, 2.24) is 0 Å². The van der Waals surface area contributed by atoms with Crippen molar-refractivity contribution in [2.75, 3.05) is 11.4 Å². The van der Waals surface area contributed by atoms with Crippen LogP contribution in [0.3, 0.4) is 0 Å². The first-order chi connectivity index (χ1) is 7.91. The molecule has 0 aromatic heterocycles. The van der Waals surface area contributed by atoms with Crippen molar-refractivity contribution >= 4 is 11.6 Å². The van der Waals surface area contributed by atoms with Crippen molar-refractivity contribution < 1.29 is 4.79 Å². The van der Waals surface area contributed by atoms with Crippen LogP contribution in [0.5, 0.6) is 0 Å². The van der Waals surface area contributed by atoms with E-state index in [1.54, 1.807) is 0 Å². The molecule has 1 amide bonds. The van der Waals surface area contributed by atoms with E-state index in [4.69, 9.17) is 5.73 Å². The highest BCUT2D eigenvalue weighted by Crippen LogP contribution is 2.38. The SMILES string of the molecule is Cc1cc(C)c2c(c1)N(CC(C)C)C(=O)C2N. The summed E-state index contributed by atoms with van der Waals surface area (Å²) in [7, 11) is 0. The molecule has 1 unspecified atom stereocenters. The normalized spacial score (nSPS) is 19.1. The molecule has 1 aromatic carbocycles. The van der Waals surface area contributed by atoms with Crippen LogP contribution in [0.1, 0.15) is 36.6 Å². The molecule has 3 nitrogen and oxygen atoms in total. The number of fused-ring (bicyclic) bond motifs is 1. The molecule has 1 aliphatic rings. The fourth-order valence-electron chi connectivity index (χ4n) is 2.55. The number of anilines is 1. The monoisotopic (exact) mass is 232 g/mol. The minimum Gasteiger partial charge on any atom is -0.316 e. The lowest BCUT2D eigenvalue weighted by Gasteiger charge is -2.20. The van der Waals surface area contributed by atoms with Crippen molar-refractivity contribution in [1.29, 1.82) is 0 Å². The molecule has 0 fully saturated rings. The minimum absolute atomic E-state index is 0.0300. The van der Waals surface area contributed by atoms with Crippen LogP contribution >= 0.6 is 0 Å². The molecular weight excluding hydrogens is 212 g/mol. The number of nitrogens with two attached hydrogens (primary N) is 1. The summed E-state index contributed by atoms with van der Waals surface area (Å²) < 4.78 is 0. The smallest absolute Gasteiger partial charge is 0.248 e. The maximum atomic E-state index is 12.2. The second-order valence-corrected chi connectivity index (χ2v) is 5.33. The molecule has 1 heterocycles. The van der Waals surface area contributed by atoms with E-state index in [9.17, 15) is 4.79 Å². The lowest BCUT2D eigenvalue weighted by Crippen LogP contribution is -2.34. The molecule has 17 heavy (non-hydrogen) atoms. The van der Waals surface area contributed by atoms with Gasteiger partial charge in [0.2, 0.25) is 5.91 Å². The molecule has 1 aromatic rings. The predicted octanol–water partition coefficient (Wildman–Crippen LogP) is 2.31. The molecule has 3 heteroatoms. The van der Waals surface area contributed by atoms with Gasteiger partial charge in [-0.2, -0.15) is 0 Å². The number of amides is 1. The summed E-state index contributed by atoms with van der Waals surface area (Å²) in [5, 5.41) is 0. The van der Waals surface area contributed by atoms with Gasteiger partial charge in [-0.15, -0.1) is 0 Å². The molecular formula is C14H20N2O. The van der Waals surface area contributed by atoms with Gasteiger partial charge in [-0.3, -0.25) is 4.79 Å². The molecule has 2 N–H and O–H groups in total. The number of nitrogens with zero attached hydrogens (tertiary/aromatic N) is 1. The van der Waals surface area contributed by atoms with Crippen LogP contribution in [0.25, 0.3) is 0 Å². The Hall–Kier alpha value is -1.35. The minimum atomic E-state index is -0.482. The molecule has 1 aliphatic heterocycles. The first-order valence-corrected chi connectivity index (χ1v) is 6.10. The highest BCUT2D eigenvalue weighted by Gasteiger charge is 2.36. The van der Waals surface area contributed by atoms with Crippen LogP contribution in [-0.4, -0.2) is 12.5 Å². The van der Waals surface area contributed by atoms with Gasteiger partial charge in [0.15, 0.2) is 0 Å². The van der Waals surface area contributed by atoms with E-state index in [1.165, 1.54) is 5.56 Å². The lowest BCUT2D eigenvalue weighted by molar-refractivity contribution is -0.119. The molecule has 2 rings (SSSR count). The van der Waals surface area contributed by atoms with E-state index in [0.717, 1.165) is 23.4 Å². The van der Waals surface area contributed by atoms with E-state index >= 15 is 0 Å². The number of aryl methyl sites for hydroxylation is 2. The topological polar surface area (TPSA) is 46.3 Å². The van der Waals surface area contributed by atoms with Crippen molar-refractivity contribution in [2.45, 2.75) is 33.7 Å². The van der Waals surface area contributed by atoms with Crippen LogP contribution in [0.15, 0.2) is 12.1 Å². The number of hydrogen-bond acceptors (Lipinski definition) is 2. The number of hydrogen-bond donors (Lipinski definition) is 1. The summed E-state index contributed by atoms with van der Waals surface area (Å²) in [6.45, 7) is 9.04. The van der Waals surface area contributed by atoms with Gasteiger partial charge in [-0.1, -0.05) is 19.9 Å². The second-order valence-electron chi connectivity index (χ2n) is 5.33. The maximum absolute atomic E-state index is 12.2. The van der Waals surface area contributed by atoms with Crippen LogP contribution in [0.4, 0.5) is 5.69 Å². The third-order valence-corrected chi connectivity index (χ3v) is 3.19. The Morgan fingerprint density at radius 1 is 1.35 bits per heavy atom. The molecule has 0 bridgehead atoms. The molecule has 92 valence electrons. The number of carbonyl (C=O) groups is 1. The average Bonchev–Trinajstić information content (AvgIpc) is 2.42. The molecule has 0 radical (unpaired) electrons. The zero-order valence-electron chi connectivity index (χ0n) is 10.9. The zero-order chi connectivity index (χ0) is 12.7. The third-order valence-electron chi connectivity index (χ3n) is 3.19. The van der Waals surface area contributed by atoms with Gasteiger partial charge in [0.05, 0.1) is 0 Å². The fraction of sp³-hybridized carbons (Fsp3) is 0.500. The van der Waals surface area contributed by atoms with Gasteiger partial charge in [0, 0.05) is 17.8 Å². The molecule has 0 spiro atoms. The molecule has 0 saturated carbocycles. The average molecular weight is 232 g/mol. The van der Waals surface area contributed by atoms with Crippen molar-refractivity contribution in [3.05, 3.63) is 28.8 Å². The number of carbonyl (C=O) groups excluding carboxylic acids is 1. The summed E-state index contributed by atoms with van der Waals surface area (Å²) in [6.07, 6.45) is 0. The predicted molar refractivity (Wildman–Crippen MR) is 70.0 cm³/mol. The van der Waals surface area contributed by atoms with Gasteiger partial charge in [-0.05, 0) is 37.0 Å². The Morgan fingerprint density at radius 2 is 2.00 bits per heavy atom. The first kappa shape index (κ1) is 12.1. The number of benzene rings is 1. The van der Waals surface area contributed by atoms with Crippen LogP contribution in [-0.2, 0) is 4.79 Å². The Kier molecular flexibility index (Phi) is 2.96. The highest BCUT2D eigenvalue weighted by molar-refractivity contribution is 6.05. The van der Waals surface area contributed by atoms with Gasteiger partial charge in [0.1, 0.15) is 6.04 Å². The van der Waals surface area contributed by atoms with Crippen LogP contribution in [0, 0.1) is 19.8 Å². The van der Waals surface area contributed by atoms with E-state index in [-0.39, 0.29) is 5.91 Å². The Morgan fingerprint density at radius 3 is 2.59 bits per heavy atom. The maximum Gasteiger partial charge on any atom is 0.248 e. The van der Waals surface area contributed by atoms with Gasteiger partial charge < -0.3 is 10.6 Å². The first-order valence-electron chi connectivity index (χ1n) is 6.10. The summed E-state index contributed by atoms with van der Waals surface area (Å²) in [5.74, 6) is 0.473. The largest absolute Gasteiger partial charge is 0.316 e. The standard InChI is InChI=1S/C14H20N2O/c1-8(2)7-16-11-6-9(3)5-10(4)12(11)13(15)14(16)17/h5-6,8,13H,7,15H2,1-4H3. The van der Waals surface area contributed by atoms with E-state index in [2.05, 4.69) is 32.9 Å². The quantitative estimate of drug-likeness (QED) is 0.850. The summed E-state index contributed by atoms with van der Waals surface area (Å²) >= 11 is 0. The van der Waals surface area contributed by atoms with Crippen LogP contribution in [0.2, 0.25) is 0 Å². The Balaban J connectivity index is 2.52. The third kappa shape index (κ3) is 1.95. The van der Waals surface area contributed by atoms with Crippen LogP contribution < -0.4 is 10.6 Å². The number of rotatable bonds is 2. The Bertz CT molecular complexity index is 466. The fourth-order valence-corrected chi connectivity index (χ4v) is 2.55.